The van der Waals surface area contributed by atoms with Gasteiger partial charge in [0.25, 0.3) is 0 Å². The zero-order chi connectivity index (χ0) is 14.9. The molecule has 0 bridgehead atoms. The number of ether oxygens (including phenoxy) is 2. The molecule has 5 nitrogen and oxygen atoms in total. The van der Waals surface area contributed by atoms with Crippen LogP contribution >= 0.6 is 0 Å². The van der Waals surface area contributed by atoms with Gasteiger partial charge in [0.05, 0.1) is 13.0 Å². The molecule has 5 heteroatoms. The quantitative estimate of drug-likeness (QED) is 0.577. The molecule has 2 rings (SSSR count). The fraction of sp³-hybridized carbons (Fsp3) is 0.800. The van der Waals surface area contributed by atoms with Crippen LogP contribution in [-0.4, -0.2) is 36.9 Å². The van der Waals surface area contributed by atoms with Crippen LogP contribution in [0.15, 0.2) is 0 Å². The standard InChI is InChI=1S/C15H22O5/c1-9(2)7-19-8-11-6-15(14(18)20-11)5-10(3)12(16)4-13(15)17/h9-11H,4-8H2,1-3H3/t10-,11-,15+/m1/s1. The van der Waals surface area contributed by atoms with Crippen LogP contribution in [-0.2, 0) is 23.9 Å². The number of Topliss-reactive ketones (excluding diaryl/α,β-unsaturated/α-hetero) is 2. The first-order valence-electron chi connectivity index (χ1n) is 7.20. The van der Waals surface area contributed by atoms with Crippen LogP contribution in [0.5, 0.6) is 0 Å². The molecule has 0 N–H and O–H groups in total. The SMILES string of the molecule is CC(C)COC[C@H]1C[C@]2(C[C@@H](C)C(=O)CC2=O)C(=O)O1. The molecule has 0 radical (unpaired) electrons. The Hall–Kier alpha value is -1.23. The van der Waals surface area contributed by atoms with Crippen molar-refractivity contribution in [2.24, 2.45) is 17.3 Å². The molecular weight excluding hydrogens is 260 g/mol. The van der Waals surface area contributed by atoms with E-state index in [-0.39, 0.29) is 36.4 Å². The summed E-state index contributed by atoms with van der Waals surface area (Å²) in [7, 11) is 0. The molecule has 3 atom stereocenters. The van der Waals surface area contributed by atoms with E-state index in [0.717, 1.165) is 0 Å². The lowest BCUT2D eigenvalue weighted by molar-refractivity contribution is -0.157. The summed E-state index contributed by atoms with van der Waals surface area (Å²) < 4.78 is 10.8. The fourth-order valence-electron chi connectivity index (χ4n) is 2.95. The molecule has 0 aromatic carbocycles. The molecule has 0 amide bonds. The van der Waals surface area contributed by atoms with Crippen molar-refractivity contribution in [1.29, 1.82) is 0 Å². The van der Waals surface area contributed by atoms with Crippen LogP contribution in [0, 0.1) is 17.3 Å². The van der Waals surface area contributed by atoms with Crippen molar-refractivity contribution in [2.75, 3.05) is 13.2 Å². The first-order chi connectivity index (χ1) is 9.35. The van der Waals surface area contributed by atoms with Gasteiger partial charge in [-0.25, -0.2) is 0 Å². The summed E-state index contributed by atoms with van der Waals surface area (Å²) in [5.74, 6) is -0.671. The number of cyclic esters (lactones) is 1. The Balaban J connectivity index is 2.01. The lowest BCUT2D eigenvalue weighted by Crippen LogP contribution is -2.44. The fourth-order valence-corrected chi connectivity index (χ4v) is 2.95. The Labute approximate surface area is 119 Å². The lowest BCUT2D eigenvalue weighted by atomic mass is 9.67. The summed E-state index contributed by atoms with van der Waals surface area (Å²) in [5.41, 5.74) is -1.10. The molecule has 1 saturated carbocycles. The summed E-state index contributed by atoms with van der Waals surface area (Å²) in [6.45, 7) is 6.78. The van der Waals surface area contributed by atoms with Crippen molar-refractivity contribution in [1.82, 2.24) is 0 Å². The maximum absolute atomic E-state index is 12.1. The van der Waals surface area contributed by atoms with Crippen LogP contribution < -0.4 is 0 Å². The number of rotatable bonds is 4. The highest BCUT2D eigenvalue weighted by molar-refractivity contribution is 6.14. The third-order valence-electron chi connectivity index (χ3n) is 4.07. The molecule has 112 valence electrons. The second-order valence-corrected chi connectivity index (χ2v) is 6.42. The molecule has 0 unspecified atom stereocenters. The normalized spacial score (nSPS) is 34.1. The summed E-state index contributed by atoms with van der Waals surface area (Å²) in [4.78, 5) is 35.8. The number of carbonyl (C=O) groups is 3. The average Bonchev–Trinajstić information content (AvgIpc) is 2.64. The van der Waals surface area contributed by atoms with Crippen molar-refractivity contribution in [2.45, 2.75) is 46.1 Å². The minimum Gasteiger partial charge on any atom is -0.459 e. The molecule has 2 fully saturated rings. The van der Waals surface area contributed by atoms with Gasteiger partial charge >= 0.3 is 5.97 Å². The molecule has 20 heavy (non-hydrogen) atoms. The molecule has 1 heterocycles. The minimum absolute atomic E-state index is 0.0760. The van der Waals surface area contributed by atoms with Crippen molar-refractivity contribution >= 4 is 17.5 Å². The van der Waals surface area contributed by atoms with Gasteiger partial charge in [-0.2, -0.15) is 0 Å². The predicted octanol–water partition coefficient (Wildman–Crippen LogP) is 1.53. The van der Waals surface area contributed by atoms with Gasteiger partial charge in [-0.1, -0.05) is 20.8 Å². The Kier molecular flexibility index (Phi) is 4.28. The first-order valence-corrected chi connectivity index (χ1v) is 7.20. The van der Waals surface area contributed by atoms with Crippen LogP contribution in [0.3, 0.4) is 0 Å². The minimum atomic E-state index is -1.10. The van der Waals surface area contributed by atoms with E-state index in [1.54, 1.807) is 6.92 Å². The van der Waals surface area contributed by atoms with E-state index in [2.05, 4.69) is 0 Å². The van der Waals surface area contributed by atoms with Gasteiger partial charge in [-0.3, -0.25) is 14.4 Å². The van der Waals surface area contributed by atoms with Crippen molar-refractivity contribution in [3.63, 3.8) is 0 Å². The van der Waals surface area contributed by atoms with E-state index < -0.39 is 11.4 Å². The largest absolute Gasteiger partial charge is 0.459 e. The second kappa shape index (κ2) is 5.64. The Bertz CT molecular complexity index is 428. The predicted molar refractivity (Wildman–Crippen MR) is 71.0 cm³/mol. The van der Waals surface area contributed by atoms with Crippen LogP contribution in [0.25, 0.3) is 0 Å². The second-order valence-electron chi connectivity index (χ2n) is 6.42. The van der Waals surface area contributed by atoms with Crippen molar-refractivity contribution in [3.8, 4) is 0 Å². The number of hydrogen-bond acceptors (Lipinski definition) is 5. The molecule has 0 aromatic rings. The molecule has 0 aromatic heterocycles. The van der Waals surface area contributed by atoms with E-state index in [1.807, 2.05) is 13.8 Å². The van der Waals surface area contributed by atoms with E-state index in [0.29, 0.717) is 25.6 Å². The van der Waals surface area contributed by atoms with Crippen molar-refractivity contribution in [3.05, 3.63) is 0 Å². The van der Waals surface area contributed by atoms with Gasteiger partial charge < -0.3 is 9.47 Å². The van der Waals surface area contributed by atoms with Crippen molar-refractivity contribution < 1.29 is 23.9 Å². The third-order valence-corrected chi connectivity index (χ3v) is 4.07. The highest BCUT2D eigenvalue weighted by Gasteiger charge is 2.57. The van der Waals surface area contributed by atoms with E-state index in [1.165, 1.54) is 0 Å². The highest BCUT2D eigenvalue weighted by atomic mass is 16.6. The molecule has 1 spiro atoms. The van der Waals surface area contributed by atoms with E-state index in [4.69, 9.17) is 9.47 Å². The third kappa shape index (κ3) is 2.77. The monoisotopic (exact) mass is 282 g/mol. The summed E-state index contributed by atoms with van der Waals surface area (Å²) in [5, 5.41) is 0. The van der Waals surface area contributed by atoms with E-state index >= 15 is 0 Å². The highest BCUT2D eigenvalue weighted by Crippen LogP contribution is 2.44. The maximum atomic E-state index is 12.1. The summed E-state index contributed by atoms with van der Waals surface area (Å²) >= 11 is 0. The summed E-state index contributed by atoms with van der Waals surface area (Å²) in [6.07, 6.45) is 0.117. The molecule has 1 aliphatic carbocycles. The zero-order valence-electron chi connectivity index (χ0n) is 12.3. The van der Waals surface area contributed by atoms with Gasteiger partial charge in [0, 0.05) is 18.9 Å². The number of ketones is 2. The Morgan fingerprint density at radius 1 is 1.30 bits per heavy atom. The Morgan fingerprint density at radius 3 is 2.65 bits per heavy atom. The lowest BCUT2D eigenvalue weighted by Gasteiger charge is -2.30. The van der Waals surface area contributed by atoms with Gasteiger partial charge in [0.2, 0.25) is 0 Å². The number of carbonyl (C=O) groups excluding carboxylic acids is 3. The topological polar surface area (TPSA) is 69.7 Å². The summed E-state index contributed by atoms with van der Waals surface area (Å²) in [6, 6.07) is 0. The smallest absolute Gasteiger partial charge is 0.320 e. The zero-order valence-corrected chi connectivity index (χ0v) is 12.3. The van der Waals surface area contributed by atoms with Gasteiger partial charge in [-0.15, -0.1) is 0 Å². The van der Waals surface area contributed by atoms with E-state index in [9.17, 15) is 14.4 Å². The molecular formula is C15H22O5. The van der Waals surface area contributed by atoms with Gasteiger partial charge in [0.15, 0.2) is 5.78 Å². The average molecular weight is 282 g/mol. The molecule has 2 aliphatic rings. The number of hydrogen-bond donors (Lipinski definition) is 0. The molecule has 1 saturated heterocycles. The Morgan fingerprint density at radius 2 is 2.00 bits per heavy atom. The van der Waals surface area contributed by atoms with Gasteiger partial charge in [0.1, 0.15) is 17.3 Å². The maximum Gasteiger partial charge on any atom is 0.320 e. The molecule has 1 aliphatic heterocycles. The number of esters is 1. The van der Waals surface area contributed by atoms with Crippen LogP contribution in [0.2, 0.25) is 0 Å². The van der Waals surface area contributed by atoms with Crippen LogP contribution in [0.4, 0.5) is 0 Å². The van der Waals surface area contributed by atoms with Crippen LogP contribution in [0.1, 0.15) is 40.0 Å². The first kappa shape index (κ1) is 15.2. The van der Waals surface area contributed by atoms with Gasteiger partial charge in [-0.05, 0) is 12.3 Å².